The van der Waals surface area contributed by atoms with E-state index in [1.807, 2.05) is 6.26 Å². The molecule has 0 aromatic heterocycles. The first kappa shape index (κ1) is 28.5. The maximum absolute atomic E-state index is 14.2. The lowest BCUT2D eigenvalue weighted by atomic mass is 9.91. The van der Waals surface area contributed by atoms with Crippen LogP contribution in [-0.2, 0) is 6.18 Å². The Balaban J connectivity index is 1.92. The number of thioether (sulfide) groups is 1. The Bertz CT molecular complexity index is 1520. The standard InChI is InChI=1S/C28H24ClF5N4S/c1-13(15-7-16(28(32,33)34)9-18(31)8-15)37-22-11-20(23(36-3)12-39-4)26(35)24-14(2)38-27(25(22)24)19-10-17(30)5-6-21(19)29/h5-11,27,37-38H,1-2,12,35H2,3-4H3. The summed E-state index contributed by atoms with van der Waals surface area (Å²) in [4.78, 5) is 4.36. The van der Waals surface area contributed by atoms with Gasteiger partial charge < -0.3 is 16.4 Å². The van der Waals surface area contributed by atoms with Crippen molar-refractivity contribution in [3.8, 4) is 0 Å². The number of rotatable bonds is 7. The number of hydrogen-bond donors (Lipinski definition) is 3. The molecule has 0 aliphatic carbocycles. The van der Waals surface area contributed by atoms with Crippen molar-refractivity contribution in [1.82, 2.24) is 5.32 Å². The van der Waals surface area contributed by atoms with Gasteiger partial charge in [0.25, 0.3) is 0 Å². The van der Waals surface area contributed by atoms with Crippen molar-refractivity contribution in [1.29, 1.82) is 0 Å². The van der Waals surface area contributed by atoms with Crippen LogP contribution in [0.25, 0.3) is 11.4 Å². The number of aliphatic imine (C=N–C) groups is 1. The Labute approximate surface area is 231 Å². The number of nitrogen functional groups attached to an aromatic ring is 1. The third kappa shape index (κ3) is 5.62. The van der Waals surface area contributed by atoms with Crippen LogP contribution < -0.4 is 16.4 Å². The van der Waals surface area contributed by atoms with E-state index in [4.69, 9.17) is 17.3 Å². The number of nitrogens with two attached hydrogens (primary N) is 1. The molecule has 4 N–H and O–H groups in total. The molecule has 1 aliphatic rings. The molecule has 4 rings (SSSR count). The summed E-state index contributed by atoms with van der Waals surface area (Å²) in [5, 5.41) is 6.52. The molecule has 1 aliphatic heterocycles. The van der Waals surface area contributed by atoms with Gasteiger partial charge in [0.15, 0.2) is 0 Å². The normalized spacial score (nSPS) is 15.2. The van der Waals surface area contributed by atoms with Crippen molar-refractivity contribution in [3.05, 3.63) is 106 Å². The van der Waals surface area contributed by atoms with Gasteiger partial charge in [-0.1, -0.05) is 24.8 Å². The maximum atomic E-state index is 14.2. The fraction of sp³-hybridized carbons (Fsp3) is 0.179. The van der Waals surface area contributed by atoms with Crippen LogP contribution in [0.5, 0.6) is 0 Å². The molecule has 1 atom stereocenters. The largest absolute Gasteiger partial charge is 0.416 e. The summed E-state index contributed by atoms with van der Waals surface area (Å²) < 4.78 is 68.5. The number of nitrogens with one attached hydrogen (secondary N) is 2. The number of halogens is 6. The predicted molar refractivity (Wildman–Crippen MR) is 151 cm³/mol. The highest BCUT2D eigenvalue weighted by Crippen LogP contribution is 2.47. The van der Waals surface area contributed by atoms with Gasteiger partial charge in [-0.2, -0.15) is 24.9 Å². The van der Waals surface area contributed by atoms with E-state index >= 15 is 0 Å². The summed E-state index contributed by atoms with van der Waals surface area (Å²) in [6.07, 6.45) is -2.85. The molecule has 39 heavy (non-hydrogen) atoms. The minimum atomic E-state index is -4.75. The number of benzene rings is 3. The van der Waals surface area contributed by atoms with Crippen molar-refractivity contribution < 1.29 is 22.0 Å². The van der Waals surface area contributed by atoms with E-state index in [-0.39, 0.29) is 16.3 Å². The summed E-state index contributed by atoms with van der Waals surface area (Å²) in [6, 6.07) is 7.09. The van der Waals surface area contributed by atoms with Crippen LogP contribution in [0.4, 0.5) is 33.3 Å². The molecule has 204 valence electrons. The van der Waals surface area contributed by atoms with Crippen LogP contribution in [0.3, 0.4) is 0 Å². The summed E-state index contributed by atoms with van der Waals surface area (Å²) in [7, 11) is 1.62. The first-order valence-corrected chi connectivity index (χ1v) is 13.3. The molecule has 3 aromatic rings. The van der Waals surface area contributed by atoms with Crippen molar-refractivity contribution >= 4 is 51.8 Å². The topological polar surface area (TPSA) is 62.4 Å². The molecule has 1 heterocycles. The van der Waals surface area contributed by atoms with E-state index in [1.165, 1.54) is 30.0 Å². The van der Waals surface area contributed by atoms with Crippen LogP contribution >= 0.6 is 23.4 Å². The molecule has 4 nitrogen and oxygen atoms in total. The molecule has 0 radical (unpaired) electrons. The highest BCUT2D eigenvalue weighted by molar-refractivity contribution is 7.99. The zero-order chi connectivity index (χ0) is 28.6. The highest BCUT2D eigenvalue weighted by atomic mass is 35.5. The number of nitrogens with zero attached hydrogens (tertiary/aromatic N) is 1. The second kappa shape index (κ2) is 10.9. The minimum absolute atomic E-state index is 0.000577. The van der Waals surface area contributed by atoms with E-state index in [0.717, 1.165) is 12.1 Å². The Kier molecular flexibility index (Phi) is 7.99. The van der Waals surface area contributed by atoms with E-state index in [0.29, 0.717) is 56.9 Å². The molecule has 0 saturated heterocycles. The maximum Gasteiger partial charge on any atom is 0.416 e. The molecular weight excluding hydrogens is 555 g/mol. The van der Waals surface area contributed by atoms with Crippen LogP contribution in [-0.4, -0.2) is 24.8 Å². The summed E-state index contributed by atoms with van der Waals surface area (Å²) in [5.41, 5.74) is 9.24. The quantitative estimate of drug-likeness (QED) is 0.152. The van der Waals surface area contributed by atoms with Gasteiger partial charge in [0, 0.05) is 62.7 Å². The average Bonchev–Trinajstić information content (AvgIpc) is 3.22. The van der Waals surface area contributed by atoms with Crippen LogP contribution in [0, 0.1) is 11.6 Å². The third-order valence-electron chi connectivity index (χ3n) is 6.31. The monoisotopic (exact) mass is 578 g/mol. The molecular formula is C28H24ClF5N4S. The van der Waals surface area contributed by atoms with Crippen LogP contribution in [0.15, 0.2) is 60.6 Å². The molecule has 0 saturated carbocycles. The smallest absolute Gasteiger partial charge is 0.398 e. The lowest BCUT2D eigenvalue weighted by Gasteiger charge is -2.22. The fourth-order valence-corrected chi connectivity index (χ4v) is 5.32. The molecule has 0 spiro atoms. The Morgan fingerprint density at radius 3 is 2.51 bits per heavy atom. The first-order chi connectivity index (χ1) is 18.3. The van der Waals surface area contributed by atoms with E-state index in [1.54, 1.807) is 13.1 Å². The van der Waals surface area contributed by atoms with Crippen molar-refractivity contribution in [2.75, 3.05) is 30.1 Å². The zero-order valence-corrected chi connectivity index (χ0v) is 22.5. The number of alkyl halides is 3. The first-order valence-electron chi connectivity index (χ1n) is 11.5. The zero-order valence-electron chi connectivity index (χ0n) is 20.9. The van der Waals surface area contributed by atoms with Gasteiger partial charge in [-0.25, -0.2) is 8.78 Å². The summed E-state index contributed by atoms with van der Waals surface area (Å²) in [6.45, 7) is 7.96. The van der Waals surface area contributed by atoms with Gasteiger partial charge in [-0.3, -0.25) is 4.99 Å². The average molecular weight is 579 g/mol. The van der Waals surface area contributed by atoms with Gasteiger partial charge in [0.1, 0.15) is 11.6 Å². The Morgan fingerprint density at radius 2 is 1.87 bits per heavy atom. The number of fused-ring (bicyclic) bond motifs is 1. The highest BCUT2D eigenvalue weighted by Gasteiger charge is 2.35. The van der Waals surface area contributed by atoms with Crippen molar-refractivity contribution in [2.24, 2.45) is 4.99 Å². The Hall–Kier alpha value is -3.50. The lowest BCUT2D eigenvalue weighted by molar-refractivity contribution is -0.137. The van der Waals surface area contributed by atoms with Gasteiger partial charge in [0.05, 0.1) is 23.0 Å². The molecule has 11 heteroatoms. The lowest BCUT2D eigenvalue weighted by Crippen LogP contribution is -2.16. The molecule has 0 amide bonds. The minimum Gasteiger partial charge on any atom is -0.398 e. The molecule has 3 aromatic carbocycles. The van der Waals surface area contributed by atoms with Gasteiger partial charge >= 0.3 is 6.18 Å². The predicted octanol–water partition coefficient (Wildman–Crippen LogP) is 7.75. The van der Waals surface area contributed by atoms with Crippen molar-refractivity contribution in [3.63, 3.8) is 0 Å². The SMILES string of the molecule is C=C(Nc1cc(C(CSC)=NC)c(N)c2c1C(c1cc(F)ccc1Cl)NC2=C)c1cc(F)cc(C(F)(F)F)c1. The molecule has 1 unspecified atom stereocenters. The van der Waals surface area contributed by atoms with Crippen molar-refractivity contribution in [2.45, 2.75) is 12.2 Å². The second-order valence-electron chi connectivity index (χ2n) is 8.83. The van der Waals surface area contributed by atoms with Crippen LogP contribution in [0.1, 0.15) is 39.4 Å². The van der Waals surface area contributed by atoms with Gasteiger partial charge in [-0.05, 0) is 48.7 Å². The summed E-state index contributed by atoms with van der Waals surface area (Å²) >= 11 is 7.96. The fourth-order valence-electron chi connectivity index (χ4n) is 4.53. The second-order valence-corrected chi connectivity index (χ2v) is 10.1. The third-order valence-corrected chi connectivity index (χ3v) is 7.21. The van der Waals surface area contributed by atoms with E-state index in [2.05, 4.69) is 28.8 Å². The summed E-state index contributed by atoms with van der Waals surface area (Å²) in [5.74, 6) is -1.05. The number of anilines is 2. The molecule has 0 bridgehead atoms. The van der Waals surface area contributed by atoms with Crippen LogP contribution in [0.2, 0.25) is 5.02 Å². The Morgan fingerprint density at radius 1 is 1.15 bits per heavy atom. The number of hydrogen-bond acceptors (Lipinski definition) is 5. The van der Waals surface area contributed by atoms with Gasteiger partial charge in [0.2, 0.25) is 0 Å². The van der Waals surface area contributed by atoms with E-state index < -0.39 is 29.4 Å². The molecule has 0 fully saturated rings. The van der Waals surface area contributed by atoms with Gasteiger partial charge in [-0.15, -0.1) is 0 Å². The van der Waals surface area contributed by atoms with E-state index in [9.17, 15) is 22.0 Å².